The largest absolute Gasteiger partial charge is 0.491 e. The Hall–Kier alpha value is -2.43. The van der Waals surface area contributed by atoms with Crippen LogP contribution in [0.4, 0.5) is 0 Å². The quantitative estimate of drug-likeness (QED) is 0.756. The summed E-state index contributed by atoms with van der Waals surface area (Å²) in [5.74, 6) is 1.37. The number of rotatable bonds is 7. The fraction of sp³-hybridized carbons (Fsp3) is 0.357. The smallest absolute Gasteiger partial charge is 0.146 e. The molecule has 0 saturated carbocycles. The monoisotopic (exact) mass is 287 g/mol. The van der Waals surface area contributed by atoms with Crippen molar-refractivity contribution in [3.63, 3.8) is 0 Å². The first kappa shape index (κ1) is 15.0. The standard InChI is InChI=1S/C14H17N5O2/c1-19-10-17-18-14(19)8-16-7-12(20)9-21-13-4-2-3-11(5-13)6-15/h2-5,10,12,16,20H,7-9H2,1H3. The van der Waals surface area contributed by atoms with Crippen molar-refractivity contribution in [2.45, 2.75) is 12.6 Å². The highest BCUT2D eigenvalue weighted by molar-refractivity contribution is 5.36. The molecular formula is C14H17N5O2. The molecule has 110 valence electrons. The van der Waals surface area contributed by atoms with Crippen molar-refractivity contribution >= 4 is 0 Å². The minimum atomic E-state index is -0.649. The first-order valence-corrected chi connectivity index (χ1v) is 6.53. The molecule has 0 aliphatic rings. The van der Waals surface area contributed by atoms with Crippen molar-refractivity contribution in [3.05, 3.63) is 42.0 Å². The lowest BCUT2D eigenvalue weighted by Crippen LogP contribution is -2.31. The summed E-state index contributed by atoms with van der Waals surface area (Å²) in [7, 11) is 1.86. The second kappa shape index (κ2) is 7.38. The van der Waals surface area contributed by atoms with E-state index in [1.807, 2.05) is 17.7 Å². The van der Waals surface area contributed by atoms with Gasteiger partial charge in [0.05, 0.1) is 18.2 Å². The summed E-state index contributed by atoms with van der Waals surface area (Å²) >= 11 is 0. The van der Waals surface area contributed by atoms with Crippen LogP contribution in [-0.2, 0) is 13.6 Å². The van der Waals surface area contributed by atoms with Gasteiger partial charge in [-0.15, -0.1) is 10.2 Å². The molecule has 0 bridgehead atoms. The molecule has 21 heavy (non-hydrogen) atoms. The molecule has 7 nitrogen and oxygen atoms in total. The number of aromatic nitrogens is 3. The molecule has 0 radical (unpaired) electrons. The number of aliphatic hydroxyl groups excluding tert-OH is 1. The lowest BCUT2D eigenvalue weighted by atomic mass is 10.2. The Morgan fingerprint density at radius 2 is 2.38 bits per heavy atom. The van der Waals surface area contributed by atoms with Crippen LogP contribution in [0.1, 0.15) is 11.4 Å². The van der Waals surface area contributed by atoms with Gasteiger partial charge in [-0.05, 0) is 18.2 Å². The number of nitrogens with one attached hydrogen (secondary N) is 1. The molecule has 1 aromatic carbocycles. The van der Waals surface area contributed by atoms with Crippen molar-refractivity contribution in [2.75, 3.05) is 13.2 Å². The lowest BCUT2D eigenvalue weighted by Gasteiger charge is -2.13. The summed E-state index contributed by atoms with van der Waals surface area (Å²) in [6, 6.07) is 8.87. The normalized spacial score (nSPS) is 11.9. The molecule has 1 atom stereocenters. The number of aliphatic hydroxyl groups is 1. The zero-order chi connectivity index (χ0) is 15.1. The highest BCUT2D eigenvalue weighted by Crippen LogP contribution is 2.12. The second-order valence-corrected chi connectivity index (χ2v) is 4.59. The Labute approximate surface area is 122 Å². The van der Waals surface area contributed by atoms with E-state index < -0.39 is 6.10 Å². The molecule has 1 unspecified atom stereocenters. The van der Waals surface area contributed by atoms with Crippen LogP contribution in [0.2, 0.25) is 0 Å². The average Bonchev–Trinajstić information content (AvgIpc) is 2.91. The SMILES string of the molecule is Cn1cnnc1CNCC(O)COc1cccc(C#N)c1. The van der Waals surface area contributed by atoms with E-state index in [2.05, 4.69) is 15.5 Å². The van der Waals surface area contributed by atoms with E-state index in [4.69, 9.17) is 10.00 Å². The Morgan fingerprint density at radius 3 is 3.10 bits per heavy atom. The Balaban J connectivity index is 1.71. The first-order valence-electron chi connectivity index (χ1n) is 6.53. The number of ether oxygens (including phenoxy) is 1. The van der Waals surface area contributed by atoms with Gasteiger partial charge in [0, 0.05) is 13.6 Å². The van der Waals surface area contributed by atoms with Crippen molar-refractivity contribution in [1.82, 2.24) is 20.1 Å². The molecule has 0 spiro atoms. The van der Waals surface area contributed by atoms with E-state index in [-0.39, 0.29) is 6.61 Å². The van der Waals surface area contributed by atoms with Crippen LogP contribution in [0, 0.1) is 11.3 Å². The van der Waals surface area contributed by atoms with Gasteiger partial charge in [-0.3, -0.25) is 0 Å². The van der Waals surface area contributed by atoms with Crippen LogP contribution in [0.15, 0.2) is 30.6 Å². The third kappa shape index (κ3) is 4.56. The van der Waals surface area contributed by atoms with E-state index in [1.54, 1.807) is 30.6 Å². The van der Waals surface area contributed by atoms with E-state index in [0.29, 0.717) is 24.4 Å². The van der Waals surface area contributed by atoms with Crippen LogP contribution in [0.5, 0.6) is 5.75 Å². The highest BCUT2D eigenvalue weighted by atomic mass is 16.5. The number of nitriles is 1. The maximum atomic E-state index is 9.84. The summed E-state index contributed by atoms with van der Waals surface area (Å²) in [4.78, 5) is 0. The maximum Gasteiger partial charge on any atom is 0.146 e. The minimum Gasteiger partial charge on any atom is -0.491 e. The molecule has 2 rings (SSSR count). The summed E-state index contributed by atoms with van der Waals surface area (Å²) < 4.78 is 7.26. The minimum absolute atomic E-state index is 0.153. The number of nitrogens with zero attached hydrogens (tertiary/aromatic N) is 4. The molecule has 0 saturated heterocycles. The zero-order valence-corrected chi connectivity index (χ0v) is 11.7. The molecular weight excluding hydrogens is 270 g/mol. The van der Waals surface area contributed by atoms with Crippen LogP contribution < -0.4 is 10.1 Å². The van der Waals surface area contributed by atoms with Crippen LogP contribution in [0.25, 0.3) is 0 Å². The van der Waals surface area contributed by atoms with Gasteiger partial charge < -0.3 is 19.7 Å². The number of hydrogen-bond donors (Lipinski definition) is 2. The molecule has 2 N–H and O–H groups in total. The van der Waals surface area contributed by atoms with E-state index in [1.165, 1.54) is 0 Å². The third-order valence-corrected chi connectivity index (χ3v) is 2.87. The predicted octanol–water partition coefficient (Wildman–Crippen LogP) is 0.216. The van der Waals surface area contributed by atoms with Crippen molar-refractivity contribution in [1.29, 1.82) is 5.26 Å². The molecule has 1 heterocycles. The highest BCUT2D eigenvalue weighted by Gasteiger charge is 2.07. The summed E-state index contributed by atoms with van der Waals surface area (Å²) in [5.41, 5.74) is 0.530. The average molecular weight is 287 g/mol. The second-order valence-electron chi connectivity index (χ2n) is 4.59. The molecule has 0 aliphatic carbocycles. The van der Waals surface area contributed by atoms with Gasteiger partial charge in [-0.25, -0.2) is 0 Å². The molecule has 0 aliphatic heterocycles. The third-order valence-electron chi connectivity index (χ3n) is 2.87. The molecule has 7 heteroatoms. The maximum absolute atomic E-state index is 9.84. The van der Waals surface area contributed by atoms with Crippen LogP contribution in [-0.4, -0.2) is 39.1 Å². The predicted molar refractivity (Wildman–Crippen MR) is 75.4 cm³/mol. The number of benzene rings is 1. The van der Waals surface area contributed by atoms with Gasteiger partial charge in [0.25, 0.3) is 0 Å². The van der Waals surface area contributed by atoms with E-state index in [9.17, 15) is 5.11 Å². The molecule has 0 fully saturated rings. The first-order chi connectivity index (χ1) is 10.2. The van der Waals surface area contributed by atoms with Crippen molar-refractivity contribution in [2.24, 2.45) is 7.05 Å². The van der Waals surface area contributed by atoms with Crippen molar-refractivity contribution in [3.8, 4) is 11.8 Å². The Kier molecular flexibility index (Phi) is 5.26. The van der Waals surface area contributed by atoms with Gasteiger partial charge in [-0.1, -0.05) is 6.07 Å². The molecule has 1 aromatic heterocycles. The summed E-state index contributed by atoms with van der Waals surface area (Å²) in [6.07, 6.45) is 0.975. The van der Waals surface area contributed by atoms with E-state index >= 15 is 0 Å². The van der Waals surface area contributed by atoms with Crippen molar-refractivity contribution < 1.29 is 9.84 Å². The van der Waals surface area contributed by atoms with Gasteiger partial charge in [0.2, 0.25) is 0 Å². The van der Waals surface area contributed by atoms with Gasteiger partial charge in [0.15, 0.2) is 0 Å². The number of aryl methyl sites for hydroxylation is 1. The Morgan fingerprint density at radius 1 is 1.52 bits per heavy atom. The number of hydrogen-bond acceptors (Lipinski definition) is 6. The topological polar surface area (TPSA) is 96.0 Å². The lowest BCUT2D eigenvalue weighted by molar-refractivity contribution is 0.106. The summed E-state index contributed by atoms with van der Waals surface area (Å²) in [6.45, 7) is 1.06. The van der Waals surface area contributed by atoms with Crippen LogP contribution >= 0.6 is 0 Å². The Bertz CT molecular complexity index is 620. The molecule has 0 amide bonds. The summed E-state index contributed by atoms with van der Waals surface area (Å²) in [5, 5.41) is 29.4. The van der Waals surface area contributed by atoms with Crippen LogP contribution in [0.3, 0.4) is 0 Å². The molecule has 2 aromatic rings. The van der Waals surface area contributed by atoms with Gasteiger partial charge >= 0.3 is 0 Å². The van der Waals surface area contributed by atoms with Gasteiger partial charge in [-0.2, -0.15) is 5.26 Å². The fourth-order valence-corrected chi connectivity index (χ4v) is 1.72. The van der Waals surface area contributed by atoms with E-state index in [0.717, 1.165) is 5.82 Å². The zero-order valence-electron chi connectivity index (χ0n) is 11.7. The fourth-order valence-electron chi connectivity index (χ4n) is 1.72. The van der Waals surface area contributed by atoms with Gasteiger partial charge in [0.1, 0.15) is 30.6 Å².